The van der Waals surface area contributed by atoms with Crippen LogP contribution in [0.2, 0.25) is 0 Å². The molecule has 2 aliphatic rings. The second-order valence-corrected chi connectivity index (χ2v) is 11.7. The van der Waals surface area contributed by atoms with Crippen molar-refractivity contribution in [2.45, 2.75) is 79.4 Å². The Morgan fingerprint density at radius 2 is 1.02 bits per heavy atom. The van der Waals surface area contributed by atoms with Crippen molar-refractivity contribution in [3.63, 3.8) is 0 Å². The van der Waals surface area contributed by atoms with E-state index in [1.807, 2.05) is 52.0 Å². The Balaban J connectivity index is 0.00000461. The number of fused-ring (bicyclic) bond motifs is 8. The molecule has 0 aliphatic carbocycles. The van der Waals surface area contributed by atoms with Crippen LogP contribution in [0.15, 0.2) is 24.3 Å². The van der Waals surface area contributed by atoms with Gasteiger partial charge in [0.1, 0.15) is 0 Å². The summed E-state index contributed by atoms with van der Waals surface area (Å²) in [6, 6.07) is 7.51. The number of carbonyl (C=O) groups is 2. The molecule has 8 bridgehead atoms. The number of aromatic amines is 2. The second-order valence-electron chi connectivity index (χ2n) is 11.7. The zero-order valence-electron chi connectivity index (χ0n) is 26.2. The standard InChI is InChI=1S/C34H38N4O6.V/c1-15-21(7-9-31(41)42)27-14-28-22(8-10-32(43)44)16(2)24(36-28)12-29-34(20(6)40)18(4)26(38-29)13-30-33(19(5)39)17(3)25(37-30)11-23(15)35-27;/h11-14,19-20,37-40H,7-10H2,1-6H3,(H,41,42)(H,43,44);. The fraction of sp³-hybridized carbons (Fsp3) is 0.353. The first-order chi connectivity index (χ1) is 20.8. The van der Waals surface area contributed by atoms with E-state index in [1.165, 1.54) is 0 Å². The second kappa shape index (κ2) is 13.2. The topological polar surface area (TPSA) is 172 Å². The first-order valence-electron chi connectivity index (χ1n) is 14.7. The number of hydrogen-bond acceptors (Lipinski definition) is 6. The van der Waals surface area contributed by atoms with E-state index in [-0.39, 0.29) is 44.2 Å². The van der Waals surface area contributed by atoms with Gasteiger partial charge in [-0.3, -0.25) is 9.59 Å². The third-order valence-corrected chi connectivity index (χ3v) is 8.65. The summed E-state index contributed by atoms with van der Waals surface area (Å²) in [5, 5.41) is 40.5. The summed E-state index contributed by atoms with van der Waals surface area (Å²) < 4.78 is 0. The Kier molecular flexibility index (Phi) is 9.94. The molecule has 5 heterocycles. The summed E-state index contributed by atoms with van der Waals surface area (Å²) in [7, 11) is 0. The first-order valence-corrected chi connectivity index (χ1v) is 14.7. The van der Waals surface area contributed by atoms with Gasteiger partial charge in [-0.05, 0) is 112 Å². The smallest absolute Gasteiger partial charge is 0.303 e. The van der Waals surface area contributed by atoms with Crippen molar-refractivity contribution in [1.29, 1.82) is 0 Å². The number of carboxylic acids is 2. The van der Waals surface area contributed by atoms with Crippen molar-refractivity contribution in [2.24, 2.45) is 0 Å². The molecule has 0 saturated carbocycles. The summed E-state index contributed by atoms with van der Waals surface area (Å²) >= 11 is 0. The number of aromatic nitrogens is 4. The molecule has 235 valence electrons. The molecule has 0 aromatic carbocycles. The molecule has 3 aromatic heterocycles. The van der Waals surface area contributed by atoms with E-state index >= 15 is 0 Å². The maximum Gasteiger partial charge on any atom is 0.303 e. The van der Waals surface area contributed by atoms with E-state index in [0.29, 0.717) is 39.4 Å². The van der Waals surface area contributed by atoms with Gasteiger partial charge < -0.3 is 30.4 Å². The molecule has 1 radical (unpaired) electrons. The zero-order chi connectivity index (χ0) is 32.0. The van der Waals surface area contributed by atoms with Gasteiger partial charge in [0.2, 0.25) is 0 Å². The number of nitrogens with one attached hydrogen (secondary N) is 2. The first kappa shape index (κ1) is 33.9. The minimum atomic E-state index is -0.921. The number of aliphatic hydroxyl groups is 2. The molecule has 10 nitrogen and oxygen atoms in total. The summed E-state index contributed by atoms with van der Waals surface area (Å²) in [4.78, 5) is 39.8. The average Bonchev–Trinajstić information content (AvgIpc) is 3.59. The van der Waals surface area contributed by atoms with Gasteiger partial charge in [-0.15, -0.1) is 0 Å². The summed E-state index contributed by atoms with van der Waals surface area (Å²) in [5.41, 5.74) is 11.7. The van der Waals surface area contributed by atoms with E-state index in [4.69, 9.17) is 9.97 Å². The molecule has 2 atom stereocenters. The van der Waals surface area contributed by atoms with Gasteiger partial charge in [0.25, 0.3) is 0 Å². The van der Waals surface area contributed by atoms with Crippen LogP contribution in [0.4, 0.5) is 0 Å². The van der Waals surface area contributed by atoms with Crippen molar-refractivity contribution in [1.82, 2.24) is 19.9 Å². The predicted octanol–water partition coefficient (Wildman–Crippen LogP) is 6.63. The SMILES string of the molecule is CC1=C(CCC(=O)O)c2cc3nc(cc4[nH]c(cc5[nH]c(cc1n2)c(C)c5C(C)O)c(C)c4C(C)O)C(C)=C3CCC(=O)O.[V]. The van der Waals surface area contributed by atoms with Crippen molar-refractivity contribution in [3.05, 3.63) is 69.3 Å². The molecule has 11 heteroatoms. The molecule has 0 saturated heterocycles. The van der Waals surface area contributed by atoms with Gasteiger partial charge in [0.15, 0.2) is 0 Å². The number of carboxylic acid groups (broad SMARTS) is 2. The molecular formula is C34H38N4O6V. The number of aliphatic hydroxyl groups excluding tert-OH is 2. The molecule has 5 rings (SSSR count). The monoisotopic (exact) mass is 649 g/mol. The Hall–Kier alpha value is -3.96. The van der Waals surface area contributed by atoms with Crippen LogP contribution in [0, 0.1) is 13.8 Å². The Morgan fingerprint density at radius 3 is 1.42 bits per heavy atom. The number of H-pyrrole nitrogens is 2. The predicted molar refractivity (Wildman–Crippen MR) is 170 cm³/mol. The number of hydrogen-bond donors (Lipinski definition) is 6. The van der Waals surface area contributed by atoms with Crippen molar-refractivity contribution in [3.8, 4) is 0 Å². The number of nitrogens with zero attached hydrogens (tertiary/aromatic N) is 2. The van der Waals surface area contributed by atoms with Crippen LogP contribution in [-0.4, -0.2) is 52.3 Å². The van der Waals surface area contributed by atoms with E-state index in [2.05, 4.69) is 9.97 Å². The number of allylic oxidation sites excluding steroid dienone is 4. The van der Waals surface area contributed by atoms with E-state index in [9.17, 15) is 30.0 Å². The van der Waals surface area contributed by atoms with E-state index < -0.39 is 24.1 Å². The molecule has 2 unspecified atom stereocenters. The quantitative estimate of drug-likeness (QED) is 0.158. The molecule has 0 spiro atoms. The molecule has 0 fully saturated rings. The molecule has 2 aliphatic heterocycles. The van der Waals surface area contributed by atoms with Gasteiger partial charge in [0.05, 0.1) is 35.0 Å². The fourth-order valence-electron chi connectivity index (χ4n) is 6.32. The summed E-state index contributed by atoms with van der Waals surface area (Å²) in [6.45, 7) is 11.1. The molecule has 3 aromatic rings. The van der Waals surface area contributed by atoms with Crippen LogP contribution < -0.4 is 0 Å². The molecule has 0 amide bonds. The third-order valence-electron chi connectivity index (χ3n) is 8.65. The Labute approximate surface area is 272 Å². The maximum absolute atomic E-state index is 11.6. The van der Waals surface area contributed by atoms with Gasteiger partial charge >= 0.3 is 11.9 Å². The van der Waals surface area contributed by atoms with Crippen LogP contribution in [0.5, 0.6) is 0 Å². The molecule has 6 N–H and O–H groups in total. The van der Waals surface area contributed by atoms with Gasteiger partial charge in [0, 0.05) is 64.6 Å². The Morgan fingerprint density at radius 1 is 0.644 bits per heavy atom. The summed E-state index contributed by atoms with van der Waals surface area (Å²) in [5.74, 6) is -1.84. The number of aryl methyl sites for hydroxylation is 2. The van der Waals surface area contributed by atoms with Gasteiger partial charge in [-0.1, -0.05) is 0 Å². The van der Waals surface area contributed by atoms with Crippen LogP contribution in [0.1, 0.15) is 111 Å². The van der Waals surface area contributed by atoms with Crippen LogP contribution in [0.25, 0.3) is 44.4 Å². The van der Waals surface area contributed by atoms with Gasteiger partial charge in [-0.2, -0.15) is 0 Å². The van der Waals surface area contributed by atoms with E-state index in [0.717, 1.165) is 50.0 Å². The fourth-order valence-corrected chi connectivity index (χ4v) is 6.32. The van der Waals surface area contributed by atoms with Crippen LogP contribution in [-0.2, 0) is 28.1 Å². The average molecular weight is 650 g/mol. The molecular weight excluding hydrogens is 611 g/mol. The third kappa shape index (κ3) is 6.55. The summed E-state index contributed by atoms with van der Waals surface area (Å²) in [6.07, 6.45) is -1.18. The Bertz CT molecular complexity index is 1930. The number of aliphatic carboxylic acids is 2. The largest absolute Gasteiger partial charge is 0.481 e. The van der Waals surface area contributed by atoms with E-state index in [1.54, 1.807) is 13.8 Å². The molecule has 45 heavy (non-hydrogen) atoms. The van der Waals surface area contributed by atoms with Gasteiger partial charge in [-0.25, -0.2) is 9.97 Å². The zero-order valence-corrected chi connectivity index (χ0v) is 27.6. The maximum atomic E-state index is 11.6. The van der Waals surface area contributed by atoms with Crippen molar-refractivity contribution in [2.75, 3.05) is 0 Å². The van der Waals surface area contributed by atoms with Crippen LogP contribution >= 0.6 is 0 Å². The van der Waals surface area contributed by atoms with Crippen LogP contribution in [0.3, 0.4) is 0 Å². The normalized spacial score (nSPS) is 14.4. The van der Waals surface area contributed by atoms with Crippen molar-refractivity contribution < 1.29 is 48.6 Å². The minimum absolute atomic E-state index is 0. The van der Waals surface area contributed by atoms with Crippen molar-refractivity contribution >= 4 is 56.3 Å². The number of rotatable bonds is 8. The minimum Gasteiger partial charge on any atom is -0.481 e.